The van der Waals surface area contributed by atoms with Crippen LogP contribution in [0.25, 0.3) is 10.8 Å². The van der Waals surface area contributed by atoms with Crippen LogP contribution < -0.4 is 0 Å². The van der Waals surface area contributed by atoms with E-state index in [-0.39, 0.29) is 5.56 Å². The van der Waals surface area contributed by atoms with Gasteiger partial charge in [-0.15, -0.1) is 0 Å². The molecule has 84 valence electrons. The molecule has 1 unspecified atom stereocenters. The molecular weight excluding hydrogens is 219 g/mol. The molecule has 2 nitrogen and oxygen atoms in total. The van der Waals surface area contributed by atoms with E-state index in [0.29, 0.717) is 10.8 Å². The van der Waals surface area contributed by atoms with Crippen molar-refractivity contribution in [1.82, 2.24) is 4.98 Å². The minimum atomic E-state index is -4.66. The Morgan fingerprint density at radius 1 is 1.19 bits per heavy atom. The summed E-state index contributed by atoms with van der Waals surface area (Å²) in [6, 6.07) is 5.84. The van der Waals surface area contributed by atoms with Crippen molar-refractivity contribution in [3.63, 3.8) is 0 Å². The van der Waals surface area contributed by atoms with Crippen molar-refractivity contribution in [2.45, 2.75) is 12.3 Å². The molecule has 1 heterocycles. The average molecular weight is 227 g/mol. The standard InChI is InChI=1S/C11H8F3NO/c12-11(13,14)10(16)9-3-1-2-7-6-15-5-4-8(7)9/h1-6,10,16H. The number of aliphatic hydroxyl groups excluding tert-OH is 1. The van der Waals surface area contributed by atoms with Gasteiger partial charge in [0.15, 0.2) is 6.10 Å². The van der Waals surface area contributed by atoms with E-state index in [4.69, 9.17) is 0 Å². The van der Waals surface area contributed by atoms with Crippen LogP contribution in [0.5, 0.6) is 0 Å². The van der Waals surface area contributed by atoms with E-state index in [1.807, 2.05) is 0 Å². The van der Waals surface area contributed by atoms with Crippen LogP contribution in [-0.4, -0.2) is 16.3 Å². The first kappa shape index (κ1) is 10.9. The molecular formula is C11H8F3NO. The second-order valence-electron chi connectivity index (χ2n) is 3.39. The normalized spacial score (nSPS) is 14.0. The lowest BCUT2D eigenvalue weighted by Crippen LogP contribution is -2.20. The summed E-state index contributed by atoms with van der Waals surface area (Å²) in [4.78, 5) is 3.81. The van der Waals surface area contributed by atoms with Crippen LogP contribution in [0.4, 0.5) is 13.2 Å². The highest BCUT2D eigenvalue weighted by molar-refractivity contribution is 5.85. The van der Waals surface area contributed by atoms with Crippen LogP contribution in [-0.2, 0) is 0 Å². The Bertz CT molecular complexity index is 505. The van der Waals surface area contributed by atoms with E-state index in [9.17, 15) is 18.3 Å². The number of nitrogens with zero attached hydrogens (tertiary/aromatic N) is 1. The Morgan fingerprint density at radius 3 is 2.62 bits per heavy atom. The van der Waals surface area contributed by atoms with Gasteiger partial charge in [-0.05, 0) is 17.0 Å². The molecule has 0 fully saturated rings. The number of hydrogen-bond acceptors (Lipinski definition) is 2. The smallest absolute Gasteiger partial charge is 0.379 e. The van der Waals surface area contributed by atoms with Crippen molar-refractivity contribution in [3.8, 4) is 0 Å². The average Bonchev–Trinajstić information content (AvgIpc) is 2.26. The monoisotopic (exact) mass is 227 g/mol. The highest BCUT2D eigenvalue weighted by Gasteiger charge is 2.39. The SMILES string of the molecule is OC(c1cccc2cnccc12)C(F)(F)F. The fourth-order valence-corrected chi connectivity index (χ4v) is 1.56. The summed E-state index contributed by atoms with van der Waals surface area (Å²) in [5, 5.41) is 10.1. The van der Waals surface area contributed by atoms with Gasteiger partial charge in [-0.1, -0.05) is 18.2 Å². The zero-order valence-corrected chi connectivity index (χ0v) is 8.07. The maximum absolute atomic E-state index is 12.4. The van der Waals surface area contributed by atoms with Crippen LogP contribution in [0.1, 0.15) is 11.7 Å². The lowest BCUT2D eigenvalue weighted by Gasteiger charge is -2.16. The fraction of sp³-hybridized carbons (Fsp3) is 0.182. The van der Waals surface area contributed by atoms with E-state index in [1.54, 1.807) is 6.07 Å². The number of halogens is 3. The van der Waals surface area contributed by atoms with Crippen LogP contribution in [0.15, 0.2) is 36.7 Å². The first-order chi connectivity index (χ1) is 7.50. The predicted octanol–water partition coefficient (Wildman–Crippen LogP) is 2.83. The molecule has 0 radical (unpaired) electrons. The molecule has 0 amide bonds. The van der Waals surface area contributed by atoms with E-state index in [1.165, 1.54) is 30.6 Å². The molecule has 0 aliphatic rings. The third-order valence-corrected chi connectivity index (χ3v) is 2.32. The molecule has 0 saturated carbocycles. The van der Waals surface area contributed by atoms with Gasteiger partial charge in [0.25, 0.3) is 0 Å². The fourth-order valence-electron chi connectivity index (χ4n) is 1.56. The number of alkyl halides is 3. The molecule has 0 aliphatic heterocycles. The quantitative estimate of drug-likeness (QED) is 0.812. The van der Waals surface area contributed by atoms with E-state index in [0.717, 1.165) is 0 Å². The minimum Gasteiger partial charge on any atom is -0.379 e. The Labute approximate surface area is 89.4 Å². The molecule has 16 heavy (non-hydrogen) atoms. The number of fused-ring (bicyclic) bond motifs is 1. The molecule has 1 atom stereocenters. The summed E-state index contributed by atoms with van der Waals surface area (Å²) in [6.07, 6.45) is -4.26. The molecule has 2 rings (SSSR count). The topological polar surface area (TPSA) is 33.1 Å². The van der Waals surface area contributed by atoms with Gasteiger partial charge in [-0.2, -0.15) is 13.2 Å². The third kappa shape index (κ3) is 1.86. The second-order valence-corrected chi connectivity index (χ2v) is 3.39. The minimum absolute atomic E-state index is 0.146. The molecule has 1 N–H and O–H groups in total. The van der Waals surface area contributed by atoms with Crippen molar-refractivity contribution in [1.29, 1.82) is 0 Å². The number of hydrogen-bond donors (Lipinski definition) is 1. The molecule has 2 aromatic rings. The molecule has 0 spiro atoms. The van der Waals surface area contributed by atoms with Gasteiger partial charge in [0.2, 0.25) is 0 Å². The first-order valence-electron chi connectivity index (χ1n) is 4.57. The van der Waals surface area contributed by atoms with Gasteiger partial charge < -0.3 is 5.11 Å². The van der Waals surface area contributed by atoms with Gasteiger partial charge >= 0.3 is 6.18 Å². The molecule has 1 aromatic carbocycles. The van der Waals surface area contributed by atoms with Crippen LogP contribution in [0, 0.1) is 0 Å². The zero-order chi connectivity index (χ0) is 11.8. The van der Waals surface area contributed by atoms with Crippen molar-refractivity contribution in [2.75, 3.05) is 0 Å². The molecule has 5 heteroatoms. The maximum Gasteiger partial charge on any atom is 0.418 e. The summed E-state index contributed by atoms with van der Waals surface area (Å²) < 4.78 is 37.2. The molecule has 1 aromatic heterocycles. The van der Waals surface area contributed by atoms with Crippen molar-refractivity contribution >= 4 is 10.8 Å². The lowest BCUT2D eigenvalue weighted by molar-refractivity contribution is -0.206. The zero-order valence-electron chi connectivity index (χ0n) is 8.07. The van der Waals surface area contributed by atoms with Crippen LogP contribution in [0.2, 0.25) is 0 Å². The highest BCUT2D eigenvalue weighted by atomic mass is 19.4. The number of aliphatic hydroxyl groups is 1. The summed E-state index contributed by atoms with van der Waals surface area (Å²) in [7, 11) is 0. The van der Waals surface area contributed by atoms with Crippen molar-refractivity contribution < 1.29 is 18.3 Å². The summed E-state index contributed by atoms with van der Waals surface area (Å²) in [5.74, 6) is 0. The van der Waals surface area contributed by atoms with Gasteiger partial charge in [0, 0.05) is 17.8 Å². The Kier molecular flexibility index (Phi) is 2.55. The molecule has 0 aliphatic carbocycles. The highest BCUT2D eigenvalue weighted by Crippen LogP contribution is 2.35. The predicted molar refractivity (Wildman–Crippen MR) is 52.8 cm³/mol. The van der Waals surface area contributed by atoms with E-state index >= 15 is 0 Å². The Balaban J connectivity index is 2.61. The molecule has 0 saturated heterocycles. The van der Waals surface area contributed by atoms with E-state index < -0.39 is 12.3 Å². The van der Waals surface area contributed by atoms with Gasteiger partial charge in [-0.25, -0.2) is 0 Å². The third-order valence-electron chi connectivity index (χ3n) is 2.32. The summed E-state index contributed by atoms with van der Waals surface area (Å²) >= 11 is 0. The second kappa shape index (κ2) is 3.75. The maximum atomic E-state index is 12.4. The Morgan fingerprint density at radius 2 is 1.94 bits per heavy atom. The van der Waals surface area contributed by atoms with Gasteiger partial charge in [0.1, 0.15) is 0 Å². The van der Waals surface area contributed by atoms with E-state index in [2.05, 4.69) is 4.98 Å². The lowest BCUT2D eigenvalue weighted by atomic mass is 10.0. The Hall–Kier alpha value is -1.62. The van der Waals surface area contributed by atoms with Crippen molar-refractivity contribution in [2.24, 2.45) is 0 Å². The molecule has 0 bridgehead atoms. The first-order valence-corrected chi connectivity index (χ1v) is 4.57. The number of pyridine rings is 1. The van der Waals surface area contributed by atoms with Gasteiger partial charge in [-0.3, -0.25) is 4.98 Å². The summed E-state index contributed by atoms with van der Waals surface area (Å²) in [6.45, 7) is 0. The van der Waals surface area contributed by atoms with Crippen LogP contribution >= 0.6 is 0 Å². The number of aromatic nitrogens is 1. The largest absolute Gasteiger partial charge is 0.418 e. The number of benzene rings is 1. The van der Waals surface area contributed by atoms with Crippen molar-refractivity contribution in [3.05, 3.63) is 42.2 Å². The van der Waals surface area contributed by atoms with Crippen LogP contribution in [0.3, 0.4) is 0 Å². The summed E-state index contributed by atoms with van der Waals surface area (Å²) in [5.41, 5.74) is -0.146. The van der Waals surface area contributed by atoms with Gasteiger partial charge in [0.05, 0.1) is 0 Å². The number of rotatable bonds is 1.